The first-order valence-corrected chi connectivity index (χ1v) is 6.18. The van der Waals surface area contributed by atoms with Gasteiger partial charge >= 0.3 is 0 Å². The average Bonchev–Trinajstić information content (AvgIpc) is 2.84. The summed E-state index contributed by atoms with van der Waals surface area (Å²) < 4.78 is 7.70. The number of nitrogens with two attached hydrogens (primary N) is 1. The smallest absolute Gasteiger partial charge is 0.124 e. The van der Waals surface area contributed by atoms with E-state index in [1.807, 2.05) is 29.8 Å². The van der Waals surface area contributed by atoms with E-state index >= 15 is 0 Å². The summed E-state index contributed by atoms with van der Waals surface area (Å²) in [4.78, 5) is 3.98. The Morgan fingerprint density at radius 1 is 1.50 bits per heavy atom. The van der Waals surface area contributed by atoms with E-state index in [2.05, 4.69) is 4.98 Å². The van der Waals surface area contributed by atoms with Crippen molar-refractivity contribution >= 4 is 11.6 Å². The number of nitrogens with zero attached hydrogens (tertiary/aromatic N) is 2. The van der Waals surface area contributed by atoms with Gasteiger partial charge in [0.25, 0.3) is 0 Å². The van der Waals surface area contributed by atoms with Crippen LogP contribution in [0.1, 0.15) is 18.5 Å². The fourth-order valence-electron chi connectivity index (χ4n) is 1.69. The maximum Gasteiger partial charge on any atom is 0.124 e. The van der Waals surface area contributed by atoms with Gasteiger partial charge in [-0.05, 0) is 25.1 Å². The van der Waals surface area contributed by atoms with Crippen molar-refractivity contribution in [1.29, 1.82) is 0 Å². The molecule has 2 rings (SSSR count). The van der Waals surface area contributed by atoms with Crippen molar-refractivity contribution in [2.24, 2.45) is 5.73 Å². The van der Waals surface area contributed by atoms with Gasteiger partial charge < -0.3 is 15.0 Å². The van der Waals surface area contributed by atoms with Crippen LogP contribution in [0.15, 0.2) is 36.9 Å². The van der Waals surface area contributed by atoms with Gasteiger partial charge in [0.1, 0.15) is 12.4 Å². The second-order valence-corrected chi connectivity index (χ2v) is 4.56. The lowest BCUT2D eigenvalue weighted by Crippen LogP contribution is -2.11. The molecule has 18 heavy (non-hydrogen) atoms. The Morgan fingerprint density at radius 2 is 2.33 bits per heavy atom. The van der Waals surface area contributed by atoms with Crippen molar-refractivity contribution < 1.29 is 4.74 Å². The summed E-state index contributed by atoms with van der Waals surface area (Å²) in [6.45, 7) is 3.23. The summed E-state index contributed by atoms with van der Waals surface area (Å²) in [6, 6.07) is 5.40. The summed E-state index contributed by atoms with van der Waals surface area (Å²) in [5.41, 5.74) is 6.82. The molecular formula is C13H16ClN3O. The molecule has 0 radical (unpaired) electrons. The average molecular weight is 266 g/mol. The molecule has 0 unspecified atom stereocenters. The predicted octanol–water partition coefficient (Wildman–Crippen LogP) is 2.64. The van der Waals surface area contributed by atoms with Crippen LogP contribution in [0.2, 0.25) is 5.02 Å². The molecule has 96 valence electrons. The maximum absolute atomic E-state index is 5.95. The largest absolute Gasteiger partial charge is 0.491 e. The first-order chi connectivity index (χ1) is 8.66. The lowest BCUT2D eigenvalue weighted by molar-refractivity contribution is 0.294. The highest BCUT2D eigenvalue weighted by Crippen LogP contribution is 2.27. The third-order valence-corrected chi connectivity index (χ3v) is 2.86. The number of ether oxygens (including phenoxy) is 1. The predicted molar refractivity (Wildman–Crippen MR) is 71.8 cm³/mol. The molecular weight excluding hydrogens is 250 g/mol. The molecule has 0 bridgehead atoms. The zero-order valence-electron chi connectivity index (χ0n) is 10.2. The highest BCUT2D eigenvalue weighted by atomic mass is 35.5. The first-order valence-electron chi connectivity index (χ1n) is 5.80. The normalized spacial score (nSPS) is 12.4. The van der Waals surface area contributed by atoms with Crippen LogP contribution in [0.5, 0.6) is 5.75 Å². The summed E-state index contributed by atoms with van der Waals surface area (Å²) in [5.74, 6) is 0.787. The molecule has 0 fully saturated rings. The Labute approximate surface area is 111 Å². The highest BCUT2D eigenvalue weighted by Gasteiger charge is 2.08. The summed E-state index contributed by atoms with van der Waals surface area (Å²) in [5, 5.41) is 0.671. The van der Waals surface area contributed by atoms with Crippen LogP contribution in [0.3, 0.4) is 0 Å². The van der Waals surface area contributed by atoms with E-state index in [-0.39, 0.29) is 6.04 Å². The van der Waals surface area contributed by atoms with Crippen molar-refractivity contribution in [3.8, 4) is 5.75 Å². The van der Waals surface area contributed by atoms with Gasteiger partial charge in [-0.1, -0.05) is 11.6 Å². The molecule has 0 saturated heterocycles. The molecule has 2 aromatic rings. The van der Waals surface area contributed by atoms with E-state index in [1.165, 1.54) is 0 Å². The second-order valence-electron chi connectivity index (χ2n) is 4.12. The minimum absolute atomic E-state index is 0.105. The molecule has 0 aliphatic heterocycles. The molecule has 5 heteroatoms. The molecule has 1 heterocycles. The van der Waals surface area contributed by atoms with Crippen molar-refractivity contribution in [2.45, 2.75) is 19.5 Å². The SMILES string of the molecule is C[C@@H](N)c1cc(Cl)ccc1OCCn1ccnc1. The van der Waals surface area contributed by atoms with Gasteiger partial charge in [0.05, 0.1) is 12.9 Å². The molecule has 0 saturated carbocycles. The third-order valence-electron chi connectivity index (χ3n) is 2.63. The topological polar surface area (TPSA) is 53.1 Å². The molecule has 2 N–H and O–H groups in total. The van der Waals surface area contributed by atoms with Gasteiger partial charge in [-0.25, -0.2) is 4.98 Å². The van der Waals surface area contributed by atoms with Gasteiger partial charge in [0.2, 0.25) is 0 Å². The first kappa shape index (κ1) is 12.9. The molecule has 1 atom stereocenters. The van der Waals surface area contributed by atoms with Crippen molar-refractivity contribution in [1.82, 2.24) is 9.55 Å². The standard InChI is InChI=1S/C13H16ClN3O/c1-10(15)12-8-11(14)2-3-13(12)18-7-6-17-5-4-16-9-17/h2-5,8-10H,6-7,15H2,1H3/t10-/m1/s1. The van der Waals surface area contributed by atoms with Crippen molar-refractivity contribution in [2.75, 3.05) is 6.61 Å². The van der Waals surface area contributed by atoms with Crippen LogP contribution in [0, 0.1) is 0 Å². The van der Waals surface area contributed by atoms with Gasteiger partial charge in [-0.15, -0.1) is 0 Å². The molecule has 0 aliphatic carbocycles. The minimum Gasteiger partial charge on any atom is -0.491 e. The summed E-state index contributed by atoms with van der Waals surface area (Å²) in [6.07, 6.45) is 5.41. The van der Waals surface area contributed by atoms with E-state index in [0.29, 0.717) is 11.6 Å². The Kier molecular flexibility index (Phi) is 4.23. The number of hydrogen-bond acceptors (Lipinski definition) is 3. The van der Waals surface area contributed by atoms with Crippen LogP contribution in [-0.4, -0.2) is 16.2 Å². The number of benzene rings is 1. The zero-order chi connectivity index (χ0) is 13.0. The van der Waals surface area contributed by atoms with Gasteiger partial charge in [0, 0.05) is 29.0 Å². The van der Waals surface area contributed by atoms with Crippen molar-refractivity contribution in [3.05, 3.63) is 47.5 Å². The zero-order valence-corrected chi connectivity index (χ0v) is 11.0. The van der Waals surface area contributed by atoms with Crippen LogP contribution in [0.25, 0.3) is 0 Å². The van der Waals surface area contributed by atoms with Gasteiger partial charge in [-0.2, -0.15) is 0 Å². The Morgan fingerprint density at radius 3 is 3.00 bits per heavy atom. The number of imidazole rings is 1. The summed E-state index contributed by atoms with van der Waals surface area (Å²) in [7, 11) is 0. The Hall–Kier alpha value is -1.52. The Bertz CT molecular complexity index is 497. The molecule has 1 aromatic heterocycles. The van der Waals surface area contributed by atoms with E-state index < -0.39 is 0 Å². The van der Waals surface area contributed by atoms with E-state index in [4.69, 9.17) is 22.1 Å². The number of halogens is 1. The van der Waals surface area contributed by atoms with E-state index in [1.54, 1.807) is 18.6 Å². The maximum atomic E-state index is 5.95. The highest BCUT2D eigenvalue weighted by molar-refractivity contribution is 6.30. The molecule has 1 aromatic carbocycles. The minimum atomic E-state index is -0.105. The van der Waals surface area contributed by atoms with Crippen LogP contribution >= 0.6 is 11.6 Å². The molecule has 0 spiro atoms. The van der Waals surface area contributed by atoms with Crippen molar-refractivity contribution in [3.63, 3.8) is 0 Å². The van der Waals surface area contributed by atoms with E-state index in [9.17, 15) is 0 Å². The van der Waals surface area contributed by atoms with Gasteiger partial charge in [0.15, 0.2) is 0 Å². The fraction of sp³-hybridized carbons (Fsp3) is 0.308. The van der Waals surface area contributed by atoms with Gasteiger partial charge in [-0.3, -0.25) is 0 Å². The lowest BCUT2D eigenvalue weighted by Gasteiger charge is -2.14. The quantitative estimate of drug-likeness (QED) is 0.904. The number of hydrogen-bond donors (Lipinski definition) is 1. The van der Waals surface area contributed by atoms with Crippen LogP contribution in [0.4, 0.5) is 0 Å². The number of aromatic nitrogens is 2. The third kappa shape index (κ3) is 3.24. The lowest BCUT2D eigenvalue weighted by atomic mass is 10.1. The fourth-order valence-corrected chi connectivity index (χ4v) is 1.87. The summed E-state index contributed by atoms with van der Waals surface area (Å²) >= 11 is 5.95. The monoisotopic (exact) mass is 265 g/mol. The number of rotatable bonds is 5. The molecule has 0 amide bonds. The molecule has 4 nitrogen and oxygen atoms in total. The van der Waals surface area contributed by atoms with Crippen LogP contribution in [-0.2, 0) is 6.54 Å². The Balaban J connectivity index is 2.00. The van der Waals surface area contributed by atoms with E-state index in [0.717, 1.165) is 17.9 Å². The molecule has 0 aliphatic rings. The second kappa shape index (κ2) is 5.89. The van der Waals surface area contributed by atoms with Crippen LogP contribution < -0.4 is 10.5 Å².